The van der Waals surface area contributed by atoms with Gasteiger partial charge < -0.3 is 19.4 Å². The second kappa shape index (κ2) is 8.23. The molecule has 3 aromatic heterocycles. The molecule has 1 aromatic carbocycles. The predicted molar refractivity (Wildman–Crippen MR) is 128 cm³/mol. The molecule has 168 valence electrons. The van der Waals surface area contributed by atoms with Gasteiger partial charge in [0.25, 0.3) is 0 Å². The van der Waals surface area contributed by atoms with Gasteiger partial charge in [-0.15, -0.1) is 0 Å². The van der Waals surface area contributed by atoms with E-state index in [2.05, 4.69) is 54.1 Å². The fourth-order valence-electron chi connectivity index (χ4n) is 4.68. The average molecular weight is 443 g/mol. The van der Waals surface area contributed by atoms with E-state index in [0.717, 1.165) is 79.9 Å². The number of rotatable bonds is 5. The number of anilines is 3. The topological polar surface area (TPSA) is 86.3 Å². The summed E-state index contributed by atoms with van der Waals surface area (Å²) in [5, 5.41) is 8.74. The molecule has 0 radical (unpaired) electrons. The Bertz CT molecular complexity index is 1250. The summed E-state index contributed by atoms with van der Waals surface area (Å²) in [6.07, 6.45) is 4.60. The Labute approximate surface area is 192 Å². The maximum atomic E-state index is 5.30. The molecule has 0 saturated carbocycles. The zero-order valence-electron chi connectivity index (χ0n) is 18.6. The average Bonchev–Trinajstić information content (AvgIpc) is 3.30. The second-order valence-corrected chi connectivity index (χ2v) is 8.45. The van der Waals surface area contributed by atoms with Crippen molar-refractivity contribution < 1.29 is 4.74 Å². The third kappa shape index (κ3) is 3.69. The fourth-order valence-corrected chi connectivity index (χ4v) is 4.68. The fraction of sp³-hybridized carbons (Fsp3) is 0.333. The standard InChI is InChI=1S/C24H26N8O/c1-33-19-4-2-17(3-5-19)16-32-11-8-20-21-22(29-28-20)26-24(27-23(21)32)31-14-12-30(13-15-31)18-6-9-25-10-7-18/h2-7,9-10H,8,11-16H2,1H3,(H,26,27,28,29). The molecular formula is C24H26N8O. The normalized spacial score (nSPS) is 15.8. The van der Waals surface area contributed by atoms with Crippen LogP contribution >= 0.6 is 0 Å². The molecule has 5 heterocycles. The first-order chi connectivity index (χ1) is 16.3. The number of piperazine rings is 1. The van der Waals surface area contributed by atoms with E-state index in [1.54, 1.807) is 7.11 Å². The highest BCUT2D eigenvalue weighted by Crippen LogP contribution is 2.33. The van der Waals surface area contributed by atoms with E-state index in [9.17, 15) is 0 Å². The zero-order chi connectivity index (χ0) is 22.2. The third-order valence-electron chi connectivity index (χ3n) is 6.51. The maximum absolute atomic E-state index is 5.30. The van der Waals surface area contributed by atoms with Crippen LogP contribution < -0.4 is 19.4 Å². The minimum atomic E-state index is 0.751. The SMILES string of the molecule is COc1ccc(CN2CCc3[nH]nc4nc(N5CCN(c6ccncc6)CC5)nc2c34)cc1. The van der Waals surface area contributed by atoms with Gasteiger partial charge in [0.2, 0.25) is 5.95 Å². The quantitative estimate of drug-likeness (QED) is 0.505. The van der Waals surface area contributed by atoms with E-state index in [-0.39, 0.29) is 0 Å². The van der Waals surface area contributed by atoms with Crippen molar-refractivity contribution in [2.45, 2.75) is 13.0 Å². The van der Waals surface area contributed by atoms with E-state index in [1.807, 2.05) is 24.5 Å². The Balaban J connectivity index is 1.26. The van der Waals surface area contributed by atoms with E-state index in [4.69, 9.17) is 14.7 Å². The number of aromatic nitrogens is 5. The first-order valence-corrected chi connectivity index (χ1v) is 11.3. The van der Waals surface area contributed by atoms with Gasteiger partial charge in [0.05, 0.1) is 18.2 Å². The van der Waals surface area contributed by atoms with Crippen molar-refractivity contribution in [1.29, 1.82) is 0 Å². The van der Waals surface area contributed by atoms with Crippen molar-refractivity contribution in [3.05, 3.63) is 60.0 Å². The summed E-state index contributed by atoms with van der Waals surface area (Å²) in [6, 6.07) is 12.4. The number of nitrogens with one attached hydrogen (secondary N) is 1. The molecule has 9 heteroatoms. The Morgan fingerprint density at radius 3 is 2.42 bits per heavy atom. The number of hydrogen-bond acceptors (Lipinski definition) is 8. The molecule has 1 fully saturated rings. The minimum absolute atomic E-state index is 0.751. The van der Waals surface area contributed by atoms with Crippen molar-refractivity contribution in [3.8, 4) is 5.75 Å². The van der Waals surface area contributed by atoms with E-state index in [0.29, 0.717) is 0 Å². The van der Waals surface area contributed by atoms with Crippen LogP contribution in [0.25, 0.3) is 11.0 Å². The van der Waals surface area contributed by atoms with Crippen LogP contribution in [0.1, 0.15) is 11.3 Å². The largest absolute Gasteiger partial charge is 0.497 e. The van der Waals surface area contributed by atoms with Gasteiger partial charge in [-0.25, -0.2) is 0 Å². The van der Waals surface area contributed by atoms with Crippen molar-refractivity contribution in [1.82, 2.24) is 25.1 Å². The lowest BCUT2D eigenvalue weighted by molar-refractivity contribution is 0.414. The van der Waals surface area contributed by atoms with E-state index >= 15 is 0 Å². The third-order valence-corrected chi connectivity index (χ3v) is 6.51. The van der Waals surface area contributed by atoms with Crippen LogP contribution in [0.4, 0.5) is 17.5 Å². The molecule has 0 aliphatic carbocycles. The molecule has 2 aliphatic heterocycles. The van der Waals surface area contributed by atoms with Gasteiger partial charge in [0.15, 0.2) is 5.65 Å². The highest BCUT2D eigenvalue weighted by Gasteiger charge is 2.27. The predicted octanol–water partition coefficient (Wildman–Crippen LogP) is 2.65. The van der Waals surface area contributed by atoms with Crippen LogP contribution in [0.15, 0.2) is 48.8 Å². The van der Waals surface area contributed by atoms with Crippen LogP contribution in [0.5, 0.6) is 5.75 Å². The summed E-state index contributed by atoms with van der Waals surface area (Å²) in [4.78, 5) is 21.0. The molecule has 0 amide bonds. The molecule has 1 N–H and O–H groups in total. The first-order valence-electron chi connectivity index (χ1n) is 11.3. The number of ether oxygens (including phenoxy) is 1. The van der Waals surface area contributed by atoms with Crippen molar-refractivity contribution >= 4 is 28.5 Å². The van der Waals surface area contributed by atoms with Crippen molar-refractivity contribution in [2.24, 2.45) is 0 Å². The molecule has 0 spiro atoms. The minimum Gasteiger partial charge on any atom is -0.497 e. The second-order valence-electron chi connectivity index (χ2n) is 8.45. The summed E-state index contributed by atoms with van der Waals surface area (Å²) in [6.45, 7) is 5.24. The molecule has 1 saturated heterocycles. The monoisotopic (exact) mass is 442 g/mol. The molecular weight excluding hydrogens is 416 g/mol. The van der Waals surface area contributed by atoms with Gasteiger partial charge in [-0.2, -0.15) is 15.1 Å². The number of benzene rings is 1. The molecule has 6 rings (SSSR count). The zero-order valence-corrected chi connectivity index (χ0v) is 18.6. The van der Waals surface area contributed by atoms with Crippen LogP contribution in [0.2, 0.25) is 0 Å². The van der Waals surface area contributed by atoms with Crippen LogP contribution in [-0.2, 0) is 13.0 Å². The summed E-state index contributed by atoms with van der Waals surface area (Å²) >= 11 is 0. The van der Waals surface area contributed by atoms with Gasteiger partial charge in [-0.3, -0.25) is 10.1 Å². The van der Waals surface area contributed by atoms with Crippen molar-refractivity contribution in [2.75, 3.05) is 54.5 Å². The molecule has 33 heavy (non-hydrogen) atoms. The smallest absolute Gasteiger partial charge is 0.229 e. The molecule has 9 nitrogen and oxygen atoms in total. The van der Waals surface area contributed by atoms with Crippen molar-refractivity contribution in [3.63, 3.8) is 0 Å². The number of pyridine rings is 1. The highest BCUT2D eigenvalue weighted by molar-refractivity contribution is 5.91. The number of H-pyrrole nitrogens is 1. The lowest BCUT2D eigenvalue weighted by Crippen LogP contribution is -2.47. The van der Waals surface area contributed by atoms with Gasteiger partial charge in [-0.1, -0.05) is 12.1 Å². The molecule has 0 atom stereocenters. The lowest BCUT2D eigenvalue weighted by Gasteiger charge is -2.36. The molecule has 0 bridgehead atoms. The number of nitrogens with zero attached hydrogens (tertiary/aromatic N) is 7. The Morgan fingerprint density at radius 2 is 1.67 bits per heavy atom. The lowest BCUT2D eigenvalue weighted by atomic mass is 10.1. The van der Waals surface area contributed by atoms with Gasteiger partial charge in [-0.05, 0) is 29.8 Å². The molecule has 0 unspecified atom stereocenters. The van der Waals surface area contributed by atoms with E-state index in [1.165, 1.54) is 11.3 Å². The van der Waals surface area contributed by atoms with Crippen LogP contribution in [0, 0.1) is 0 Å². The first kappa shape index (κ1) is 19.8. The van der Waals surface area contributed by atoms with E-state index < -0.39 is 0 Å². The van der Waals surface area contributed by atoms with Gasteiger partial charge >= 0.3 is 0 Å². The number of aromatic amines is 1. The maximum Gasteiger partial charge on any atom is 0.229 e. The van der Waals surface area contributed by atoms with Crippen LogP contribution in [0.3, 0.4) is 0 Å². The Hall–Kier alpha value is -3.88. The van der Waals surface area contributed by atoms with Gasteiger partial charge in [0, 0.05) is 63.8 Å². The number of methoxy groups -OCH3 is 1. The highest BCUT2D eigenvalue weighted by atomic mass is 16.5. The number of hydrogen-bond donors (Lipinski definition) is 1. The van der Waals surface area contributed by atoms with Gasteiger partial charge in [0.1, 0.15) is 11.6 Å². The molecule has 2 aliphatic rings. The Morgan fingerprint density at radius 1 is 0.909 bits per heavy atom. The summed E-state index contributed by atoms with van der Waals surface area (Å²) in [5.74, 6) is 2.59. The summed E-state index contributed by atoms with van der Waals surface area (Å²) < 4.78 is 5.30. The summed E-state index contributed by atoms with van der Waals surface area (Å²) in [7, 11) is 1.69. The Kier molecular flexibility index (Phi) is 4.93. The molecule has 4 aromatic rings. The summed E-state index contributed by atoms with van der Waals surface area (Å²) in [5.41, 5.74) is 4.31. The van der Waals surface area contributed by atoms with Crippen LogP contribution in [-0.4, -0.2) is 65.0 Å².